The fourth-order valence-electron chi connectivity index (χ4n) is 2.05. The Bertz CT molecular complexity index is 243. The summed E-state index contributed by atoms with van der Waals surface area (Å²) in [6.45, 7) is 5.84. The molecule has 0 saturated carbocycles. The average Bonchev–Trinajstić information content (AvgIpc) is 2.27. The van der Waals surface area contributed by atoms with Gasteiger partial charge < -0.3 is 9.80 Å². The van der Waals surface area contributed by atoms with Crippen LogP contribution in [0.3, 0.4) is 0 Å². The number of likely N-dealkylation sites (N-methyl/N-ethyl adjacent to an activating group) is 1. The number of likely N-dealkylation sites (tertiary alicyclic amines) is 1. The van der Waals surface area contributed by atoms with Crippen LogP contribution in [-0.4, -0.2) is 54.2 Å². The first-order valence-corrected chi connectivity index (χ1v) is 6.58. The van der Waals surface area contributed by atoms with E-state index < -0.39 is 0 Å². The van der Waals surface area contributed by atoms with Crippen molar-refractivity contribution < 1.29 is 4.79 Å². The third kappa shape index (κ3) is 3.39. The largest absolute Gasteiger partial charge is 0.340 e. The highest BCUT2D eigenvalue weighted by Gasteiger charge is 2.29. The molecule has 1 rings (SSSR count). The highest BCUT2D eigenvalue weighted by Crippen LogP contribution is 2.18. The van der Waals surface area contributed by atoms with Crippen LogP contribution in [0, 0.1) is 5.92 Å². The molecule has 1 aliphatic heterocycles. The van der Waals surface area contributed by atoms with E-state index in [0.717, 1.165) is 19.5 Å². The molecule has 16 heavy (non-hydrogen) atoms. The second-order valence-electron chi connectivity index (χ2n) is 5.23. The number of hydrogen-bond acceptors (Lipinski definition) is 3. The number of amides is 1. The van der Waals surface area contributed by atoms with Crippen LogP contribution in [0.1, 0.15) is 26.7 Å². The second-order valence-corrected chi connectivity index (χ2v) is 5.79. The van der Waals surface area contributed by atoms with Gasteiger partial charge in [0.15, 0.2) is 0 Å². The summed E-state index contributed by atoms with van der Waals surface area (Å²) in [6, 6.07) is 0.505. The quantitative estimate of drug-likeness (QED) is 0.761. The first-order chi connectivity index (χ1) is 7.43. The van der Waals surface area contributed by atoms with E-state index in [1.165, 1.54) is 6.42 Å². The summed E-state index contributed by atoms with van der Waals surface area (Å²) in [5, 5.41) is -0.152. The lowest BCUT2D eigenvalue weighted by Gasteiger charge is -2.37. The van der Waals surface area contributed by atoms with Crippen molar-refractivity contribution in [2.75, 3.05) is 27.2 Å². The monoisotopic (exact) mass is 244 g/mol. The molecule has 0 spiro atoms. The van der Waals surface area contributed by atoms with E-state index in [2.05, 4.69) is 31.6 Å². The standard InChI is InChI=1S/C12H24N2OS/c1-9(2)11(16)12(15)14-7-5-6-10(8-14)13(3)4/h9-11,16H,5-8H2,1-4H3. The maximum absolute atomic E-state index is 12.1. The fourth-order valence-corrected chi connectivity index (χ4v) is 2.21. The summed E-state index contributed by atoms with van der Waals surface area (Å²) in [5.74, 6) is 0.500. The van der Waals surface area contributed by atoms with Crippen LogP contribution >= 0.6 is 12.6 Å². The topological polar surface area (TPSA) is 23.6 Å². The Morgan fingerprint density at radius 3 is 2.56 bits per heavy atom. The zero-order valence-corrected chi connectivity index (χ0v) is 11.7. The van der Waals surface area contributed by atoms with Crippen molar-refractivity contribution in [3.05, 3.63) is 0 Å². The summed E-state index contributed by atoms with van der Waals surface area (Å²) in [5.41, 5.74) is 0. The van der Waals surface area contributed by atoms with E-state index in [9.17, 15) is 4.79 Å². The Kier molecular flexibility index (Phi) is 5.12. The number of carbonyl (C=O) groups excluding carboxylic acids is 1. The molecule has 1 fully saturated rings. The lowest BCUT2D eigenvalue weighted by molar-refractivity contribution is -0.133. The molecule has 0 aromatic rings. The van der Waals surface area contributed by atoms with Crippen LogP contribution < -0.4 is 0 Å². The maximum Gasteiger partial charge on any atom is 0.235 e. The van der Waals surface area contributed by atoms with Crippen molar-refractivity contribution in [3.63, 3.8) is 0 Å². The van der Waals surface area contributed by atoms with Crippen LogP contribution in [0.25, 0.3) is 0 Å². The predicted molar refractivity (Wildman–Crippen MR) is 70.9 cm³/mol. The van der Waals surface area contributed by atoms with Crippen LogP contribution in [0.2, 0.25) is 0 Å². The fraction of sp³-hybridized carbons (Fsp3) is 0.917. The van der Waals surface area contributed by atoms with Gasteiger partial charge in [-0.25, -0.2) is 0 Å². The number of nitrogens with zero attached hydrogens (tertiary/aromatic N) is 2. The minimum Gasteiger partial charge on any atom is -0.340 e. The lowest BCUT2D eigenvalue weighted by Crippen LogP contribution is -2.50. The van der Waals surface area contributed by atoms with Gasteiger partial charge in [0.25, 0.3) is 0 Å². The third-order valence-corrected chi connectivity index (χ3v) is 4.14. The highest BCUT2D eigenvalue weighted by atomic mass is 32.1. The summed E-state index contributed by atoms with van der Waals surface area (Å²) in [6.07, 6.45) is 2.29. The number of thiol groups is 1. The molecule has 0 bridgehead atoms. The molecule has 4 heteroatoms. The average molecular weight is 244 g/mol. The van der Waals surface area contributed by atoms with E-state index in [0.29, 0.717) is 12.0 Å². The van der Waals surface area contributed by atoms with Crippen molar-refractivity contribution in [3.8, 4) is 0 Å². The minimum absolute atomic E-state index is 0.152. The molecule has 1 saturated heterocycles. The van der Waals surface area contributed by atoms with Gasteiger partial charge in [0, 0.05) is 19.1 Å². The summed E-state index contributed by atoms with van der Waals surface area (Å²) < 4.78 is 0. The zero-order valence-electron chi connectivity index (χ0n) is 10.8. The predicted octanol–water partition coefficient (Wildman–Crippen LogP) is 1.49. The van der Waals surface area contributed by atoms with Crippen molar-refractivity contribution in [2.45, 2.75) is 38.0 Å². The number of piperidine rings is 1. The van der Waals surface area contributed by atoms with E-state index >= 15 is 0 Å². The van der Waals surface area contributed by atoms with Crippen LogP contribution in [0.5, 0.6) is 0 Å². The first-order valence-electron chi connectivity index (χ1n) is 6.06. The molecule has 1 heterocycles. The SMILES string of the molecule is CC(C)C(S)C(=O)N1CCCC(N(C)C)C1. The Hall–Kier alpha value is -0.220. The van der Waals surface area contributed by atoms with E-state index in [1.807, 2.05) is 18.7 Å². The van der Waals surface area contributed by atoms with Gasteiger partial charge in [-0.2, -0.15) is 12.6 Å². The Morgan fingerprint density at radius 2 is 2.06 bits per heavy atom. The molecule has 1 amide bonds. The number of hydrogen-bond donors (Lipinski definition) is 1. The molecule has 2 atom stereocenters. The third-order valence-electron chi connectivity index (χ3n) is 3.32. The van der Waals surface area contributed by atoms with Crippen LogP contribution in [0.4, 0.5) is 0 Å². The molecule has 3 nitrogen and oxygen atoms in total. The number of rotatable bonds is 3. The van der Waals surface area contributed by atoms with Gasteiger partial charge in [-0.1, -0.05) is 13.8 Å². The van der Waals surface area contributed by atoms with Gasteiger partial charge >= 0.3 is 0 Å². The lowest BCUT2D eigenvalue weighted by atomic mass is 10.0. The highest BCUT2D eigenvalue weighted by molar-refractivity contribution is 7.81. The van der Waals surface area contributed by atoms with Crippen LogP contribution in [0.15, 0.2) is 0 Å². The van der Waals surface area contributed by atoms with Crippen molar-refractivity contribution in [1.82, 2.24) is 9.80 Å². The van der Waals surface area contributed by atoms with Gasteiger partial charge in [0.1, 0.15) is 0 Å². The molecular weight excluding hydrogens is 220 g/mol. The zero-order chi connectivity index (χ0) is 12.3. The van der Waals surface area contributed by atoms with Gasteiger partial charge in [-0.3, -0.25) is 4.79 Å². The molecule has 0 aromatic carbocycles. The van der Waals surface area contributed by atoms with Crippen molar-refractivity contribution >= 4 is 18.5 Å². The van der Waals surface area contributed by atoms with E-state index in [1.54, 1.807) is 0 Å². The van der Waals surface area contributed by atoms with Gasteiger partial charge in [-0.05, 0) is 32.9 Å². The first kappa shape index (κ1) is 13.8. The molecule has 2 unspecified atom stereocenters. The molecule has 94 valence electrons. The molecule has 0 aliphatic carbocycles. The summed E-state index contributed by atoms with van der Waals surface area (Å²) in [4.78, 5) is 16.3. The molecule has 1 aliphatic rings. The normalized spacial score (nSPS) is 23.9. The summed E-state index contributed by atoms with van der Waals surface area (Å²) >= 11 is 4.41. The smallest absolute Gasteiger partial charge is 0.235 e. The molecule has 0 radical (unpaired) electrons. The Balaban J connectivity index is 2.56. The van der Waals surface area contributed by atoms with Gasteiger partial charge in [-0.15, -0.1) is 0 Å². The summed E-state index contributed by atoms with van der Waals surface area (Å²) in [7, 11) is 4.17. The number of carbonyl (C=O) groups is 1. The molecule has 0 aromatic heterocycles. The molecule has 0 N–H and O–H groups in total. The Morgan fingerprint density at radius 1 is 1.44 bits per heavy atom. The van der Waals surface area contributed by atoms with Gasteiger partial charge in [0.2, 0.25) is 5.91 Å². The van der Waals surface area contributed by atoms with E-state index in [4.69, 9.17) is 0 Å². The van der Waals surface area contributed by atoms with E-state index in [-0.39, 0.29) is 11.2 Å². The molecular formula is C12H24N2OS. The maximum atomic E-state index is 12.1. The van der Waals surface area contributed by atoms with Gasteiger partial charge in [0.05, 0.1) is 5.25 Å². The second kappa shape index (κ2) is 5.92. The minimum atomic E-state index is -0.152. The van der Waals surface area contributed by atoms with Crippen molar-refractivity contribution in [1.29, 1.82) is 0 Å². The Labute approximate surface area is 105 Å². The van der Waals surface area contributed by atoms with Crippen LogP contribution in [-0.2, 0) is 4.79 Å². The van der Waals surface area contributed by atoms with Crippen molar-refractivity contribution in [2.24, 2.45) is 5.92 Å².